The maximum absolute atomic E-state index is 10.9. The van der Waals surface area contributed by atoms with Crippen molar-refractivity contribution in [2.75, 3.05) is 39.0 Å². The molecule has 0 amide bonds. The van der Waals surface area contributed by atoms with E-state index in [2.05, 4.69) is 14.0 Å². The molecule has 30 heavy (non-hydrogen) atoms. The molecule has 1 N–H and O–H groups in total. The van der Waals surface area contributed by atoms with E-state index >= 15 is 0 Å². The van der Waals surface area contributed by atoms with Gasteiger partial charge in [-0.2, -0.15) is 0 Å². The molecule has 0 heterocycles. The molecule has 0 aliphatic heterocycles. The largest absolute Gasteiger partial charge is 0.748 e. The minimum absolute atomic E-state index is 0.202. The van der Waals surface area contributed by atoms with Crippen LogP contribution in [0.3, 0.4) is 0 Å². The molecule has 0 rings (SSSR count). The van der Waals surface area contributed by atoms with Crippen LogP contribution in [0.25, 0.3) is 0 Å². The van der Waals surface area contributed by atoms with Gasteiger partial charge in [0.15, 0.2) is 0 Å². The van der Waals surface area contributed by atoms with Gasteiger partial charge in [0.1, 0.15) is 0 Å². The van der Waals surface area contributed by atoms with E-state index in [1.807, 2.05) is 0 Å². The van der Waals surface area contributed by atoms with Crippen LogP contribution in [0.15, 0.2) is 0 Å². The second kappa shape index (κ2) is 19.5. The van der Waals surface area contributed by atoms with Crippen LogP contribution in [-0.2, 0) is 10.1 Å². The molecule has 0 aromatic heterocycles. The molecule has 1 unspecified atom stereocenters. The Morgan fingerprint density at radius 2 is 1.00 bits per heavy atom. The fourth-order valence-corrected chi connectivity index (χ4v) is 4.73. The Morgan fingerprint density at radius 3 is 1.40 bits per heavy atom. The smallest absolute Gasteiger partial charge is 0.0948 e. The Labute approximate surface area is 188 Å². The van der Waals surface area contributed by atoms with E-state index in [1.165, 1.54) is 83.5 Å². The number of hydrogen-bond donors (Lipinski definition) is 1. The quantitative estimate of drug-likeness (QED) is 0.125. The summed E-state index contributed by atoms with van der Waals surface area (Å²) in [6.45, 7) is 5.17. The Hall–Kier alpha value is -0.170. The first-order chi connectivity index (χ1) is 14.3. The topological polar surface area (TPSA) is 77.4 Å². The summed E-state index contributed by atoms with van der Waals surface area (Å²) in [7, 11) is -1.96. The first-order valence-corrected chi connectivity index (χ1v) is 14.3. The van der Waals surface area contributed by atoms with Gasteiger partial charge in [0.25, 0.3) is 0 Å². The van der Waals surface area contributed by atoms with Gasteiger partial charge in [-0.25, -0.2) is 8.42 Å². The number of aliphatic hydroxyl groups is 1. The maximum Gasteiger partial charge on any atom is 0.0948 e. The lowest BCUT2D eigenvalue weighted by molar-refractivity contribution is -0.910. The SMILES string of the molecule is CCCCCCCCCCCCCCCC[N+](C)(CCCCO)CCCS(=O)(=O)[O-]. The number of nitrogens with zero attached hydrogens (tertiary/aromatic N) is 1. The van der Waals surface area contributed by atoms with Gasteiger partial charge < -0.3 is 14.1 Å². The predicted octanol–water partition coefficient (Wildman–Crippen LogP) is 5.62. The lowest BCUT2D eigenvalue weighted by Gasteiger charge is -2.35. The fourth-order valence-electron chi connectivity index (χ4n) is 4.25. The first-order valence-electron chi connectivity index (χ1n) is 12.7. The average Bonchev–Trinajstić information content (AvgIpc) is 2.67. The zero-order valence-corrected chi connectivity index (χ0v) is 20.9. The second-order valence-electron chi connectivity index (χ2n) is 9.43. The number of aliphatic hydroxyl groups excluding tert-OH is 1. The molecular formula is C24H51NO4S. The summed E-state index contributed by atoms with van der Waals surface area (Å²) in [6, 6.07) is 0. The summed E-state index contributed by atoms with van der Waals surface area (Å²) in [4.78, 5) is 0. The highest BCUT2D eigenvalue weighted by molar-refractivity contribution is 7.85. The Kier molecular flexibility index (Phi) is 19.4. The molecule has 0 aliphatic carbocycles. The molecule has 0 radical (unpaired) electrons. The minimum Gasteiger partial charge on any atom is -0.748 e. The third kappa shape index (κ3) is 21.1. The highest BCUT2D eigenvalue weighted by Gasteiger charge is 2.20. The first kappa shape index (κ1) is 29.8. The van der Waals surface area contributed by atoms with Crippen molar-refractivity contribution in [2.24, 2.45) is 0 Å². The van der Waals surface area contributed by atoms with Gasteiger partial charge >= 0.3 is 0 Å². The zero-order valence-electron chi connectivity index (χ0n) is 20.1. The summed E-state index contributed by atoms with van der Waals surface area (Å²) in [5.41, 5.74) is 0. The van der Waals surface area contributed by atoms with Crippen molar-refractivity contribution >= 4 is 10.1 Å². The lowest BCUT2D eigenvalue weighted by Crippen LogP contribution is -2.46. The summed E-state index contributed by atoms with van der Waals surface area (Å²) >= 11 is 0. The third-order valence-corrected chi connectivity index (χ3v) is 7.04. The molecule has 0 aromatic rings. The molecule has 6 heteroatoms. The van der Waals surface area contributed by atoms with Gasteiger partial charge in [0.2, 0.25) is 0 Å². The van der Waals surface area contributed by atoms with Crippen LogP contribution in [0.4, 0.5) is 0 Å². The van der Waals surface area contributed by atoms with Gasteiger partial charge in [-0.1, -0.05) is 84.0 Å². The van der Waals surface area contributed by atoms with Gasteiger partial charge in [-0.3, -0.25) is 0 Å². The van der Waals surface area contributed by atoms with Crippen molar-refractivity contribution in [3.63, 3.8) is 0 Å². The summed E-state index contributed by atoms with van der Waals surface area (Å²) in [5.74, 6) is -0.264. The summed E-state index contributed by atoms with van der Waals surface area (Å²) < 4.78 is 33.5. The molecule has 5 nitrogen and oxygen atoms in total. The molecule has 0 fully saturated rings. The zero-order chi connectivity index (χ0) is 22.6. The minimum atomic E-state index is -4.12. The van der Waals surface area contributed by atoms with Gasteiger partial charge in [0.05, 0.1) is 36.8 Å². The van der Waals surface area contributed by atoms with Crippen LogP contribution < -0.4 is 0 Å². The van der Waals surface area contributed by atoms with Crippen LogP contribution in [0.2, 0.25) is 0 Å². The van der Waals surface area contributed by atoms with E-state index in [1.54, 1.807) is 0 Å². The van der Waals surface area contributed by atoms with E-state index in [0.717, 1.165) is 43.4 Å². The Balaban J connectivity index is 3.76. The van der Waals surface area contributed by atoms with Crippen molar-refractivity contribution in [3.8, 4) is 0 Å². The van der Waals surface area contributed by atoms with E-state index < -0.39 is 10.1 Å². The van der Waals surface area contributed by atoms with Crippen molar-refractivity contribution in [1.29, 1.82) is 0 Å². The molecule has 0 aromatic carbocycles. The number of rotatable bonds is 23. The van der Waals surface area contributed by atoms with Crippen molar-refractivity contribution in [3.05, 3.63) is 0 Å². The molecule has 0 aliphatic rings. The number of hydrogen-bond acceptors (Lipinski definition) is 4. The van der Waals surface area contributed by atoms with Crippen molar-refractivity contribution in [2.45, 2.75) is 116 Å². The van der Waals surface area contributed by atoms with Crippen molar-refractivity contribution < 1.29 is 22.6 Å². The van der Waals surface area contributed by atoms with E-state index in [-0.39, 0.29) is 12.4 Å². The third-order valence-electron chi connectivity index (χ3n) is 6.25. The standard InChI is InChI=1S/C24H51NO4S/c1-3-4-5-6-7-8-9-10-11-12-13-14-15-16-20-25(2,21-17-18-23-26)22-19-24-30(27,28)29/h26H,3-24H2,1-2H3. The van der Waals surface area contributed by atoms with Gasteiger partial charge in [-0.05, 0) is 25.7 Å². The highest BCUT2D eigenvalue weighted by atomic mass is 32.2. The van der Waals surface area contributed by atoms with Crippen LogP contribution >= 0.6 is 0 Å². The van der Waals surface area contributed by atoms with Crippen molar-refractivity contribution in [1.82, 2.24) is 0 Å². The Bertz CT molecular complexity index is 470. The van der Waals surface area contributed by atoms with Gasteiger partial charge in [-0.15, -0.1) is 0 Å². The van der Waals surface area contributed by atoms with Gasteiger partial charge in [0, 0.05) is 18.8 Å². The van der Waals surface area contributed by atoms with E-state index in [4.69, 9.17) is 5.11 Å². The molecule has 182 valence electrons. The molecule has 0 bridgehead atoms. The maximum atomic E-state index is 10.9. The molecule has 0 spiro atoms. The second-order valence-corrected chi connectivity index (χ2v) is 11.0. The van der Waals surface area contributed by atoms with Crippen LogP contribution in [0.5, 0.6) is 0 Å². The van der Waals surface area contributed by atoms with E-state index in [0.29, 0.717) is 6.42 Å². The average molecular weight is 450 g/mol. The predicted molar refractivity (Wildman–Crippen MR) is 127 cm³/mol. The van der Waals surface area contributed by atoms with Crippen LogP contribution in [0, 0.1) is 0 Å². The normalized spacial score (nSPS) is 14.1. The highest BCUT2D eigenvalue weighted by Crippen LogP contribution is 2.15. The molecule has 0 saturated heterocycles. The lowest BCUT2D eigenvalue weighted by atomic mass is 10.0. The molecule has 1 atom stereocenters. The summed E-state index contributed by atoms with van der Waals surface area (Å²) in [6.07, 6.45) is 21.0. The number of unbranched alkanes of at least 4 members (excludes halogenated alkanes) is 14. The molecule has 0 saturated carbocycles. The summed E-state index contributed by atoms with van der Waals surface area (Å²) in [5, 5.41) is 9.03. The Morgan fingerprint density at radius 1 is 0.633 bits per heavy atom. The number of quaternary nitrogens is 1. The monoisotopic (exact) mass is 449 g/mol. The van der Waals surface area contributed by atoms with Crippen LogP contribution in [0.1, 0.15) is 116 Å². The van der Waals surface area contributed by atoms with E-state index in [9.17, 15) is 13.0 Å². The fraction of sp³-hybridized carbons (Fsp3) is 1.00. The molecular weight excluding hydrogens is 398 g/mol. The van der Waals surface area contributed by atoms with Crippen LogP contribution in [-0.4, -0.2) is 61.6 Å².